The number of carbonyl (C=O) groups is 1. The number of likely N-dealkylation sites (N-methyl/N-ethyl adjacent to an activating group) is 1. The van der Waals surface area contributed by atoms with Gasteiger partial charge in [0.15, 0.2) is 0 Å². The third-order valence-electron chi connectivity index (χ3n) is 3.28. The van der Waals surface area contributed by atoms with Crippen LogP contribution in [-0.2, 0) is 0 Å². The van der Waals surface area contributed by atoms with Crippen LogP contribution < -0.4 is 4.90 Å². The molecule has 3 rings (SSSR count). The first-order valence-corrected chi connectivity index (χ1v) is 6.01. The lowest BCUT2D eigenvalue weighted by atomic mass is 10.1. The molecule has 19 heavy (non-hydrogen) atoms. The molecule has 0 amide bonds. The lowest BCUT2D eigenvalue weighted by molar-refractivity contribution is 0.104. The van der Waals surface area contributed by atoms with Gasteiger partial charge in [-0.25, -0.2) is 4.39 Å². The molecule has 0 radical (unpaired) electrons. The molecule has 1 aliphatic rings. The standard InChI is InChI=1S/C16H12FNO/c1-18-14-5-3-2-4-13(14)16(19)15(18)10-11-6-8-12(17)9-7-11/h2-10H,1H3/b15-10-. The second kappa shape index (κ2) is 4.35. The van der Waals surface area contributed by atoms with Crippen molar-refractivity contribution in [2.24, 2.45) is 0 Å². The predicted octanol–water partition coefficient (Wildman–Crippen LogP) is 3.50. The molecule has 2 nitrogen and oxygen atoms in total. The Morgan fingerprint density at radius 1 is 1.05 bits per heavy atom. The van der Waals surface area contributed by atoms with Crippen molar-refractivity contribution in [3.05, 3.63) is 71.2 Å². The Bertz CT molecular complexity index is 673. The fourth-order valence-corrected chi connectivity index (χ4v) is 2.26. The number of carbonyl (C=O) groups excluding carboxylic acids is 1. The molecule has 0 saturated heterocycles. The fourth-order valence-electron chi connectivity index (χ4n) is 2.26. The van der Waals surface area contributed by atoms with Crippen LogP contribution in [0, 0.1) is 5.82 Å². The Kier molecular flexibility index (Phi) is 2.67. The van der Waals surface area contributed by atoms with E-state index in [4.69, 9.17) is 0 Å². The highest BCUT2D eigenvalue weighted by Gasteiger charge is 2.28. The van der Waals surface area contributed by atoms with Crippen LogP contribution in [0.25, 0.3) is 6.08 Å². The third-order valence-corrected chi connectivity index (χ3v) is 3.28. The number of nitrogens with zero attached hydrogens (tertiary/aromatic N) is 1. The van der Waals surface area contributed by atoms with Crippen LogP contribution in [0.3, 0.4) is 0 Å². The fraction of sp³-hybridized carbons (Fsp3) is 0.0625. The number of fused-ring (bicyclic) bond motifs is 1. The van der Waals surface area contributed by atoms with E-state index >= 15 is 0 Å². The Morgan fingerprint density at radius 2 is 1.74 bits per heavy atom. The average Bonchev–Trinajstić information content (AvgIpc) is 2.67. The van der Waals surface area contributed by atoms with E-state index in [2.05, 4.69) is 0 Å². The summed E-state index contributed by atoms with van der Waals surface area (Å²) in [7, 11) is 1.86. The van der Waals surface area contributed by atoms with Gasteiger partial charge in [-0.1, -0.05) is 24.3 Å². The highest BCUT2D eigenvalue weighted by molar-refractivity contribution is 6.21. The molecule has 94 valence electrons. The zero-order chi connectivity index (χ0) is 13.4. The van der Waals surface area contributed by atoms with Crippen LogP contribution in [0.2, 0.25) is 0 Å². The minimum Gasteiger partial charge on any atom is -0.341 e. The minimum atomic E-state index is -0.281. The number of hydrogen-bond donors (Lipinski definition) is 0. The predicted molar refractivity (Wildman–Crippen MR) is 73.6 cm³/mol. The first-order valence-electron chi connectivity index (χ1n) is 6.01. The number of ketones is 1. The Hall–Kier alpha value is -2.42. The van der Waals surface area contributed by atoms with Gasteiger partial charge in [0.2, 0.25) is 5.78 Å². The van der Waals surface area contributed by atoms with Gasteiger partial charge >= 0.3 is 0 Å². The van der Waals surface area contributed by atoms with E-state index in [-0.39, 0.29) is 11.6 Å². The first kappa shape index (κ1) is 11.7. The number of Topliss-reactive ketones (excluding diaryl/α,β-unsaturated/α-hetero) is 1. The van der Waals surface area contributed by atoms with Crippen molar-refractivity contribution >= 4 is 17.5 Å². The third kappa shape index (κ3) is 1.93. The van der Waals surface area contributed by atoms with Crippen LogP contribution in [0.1, 0.15) is 15.9 Å². The zero-order valence-electron chi connectivity index (χ0n) is 10.4. The maximum absolute atomic E-state index is 12.9. The molecule has 0 bridgehead atoms. The molecule has 0 unspecified atom stereocenters. The van der Waals surface area contributed by atoms with E-state index in [0.717, 1.165) is 11.3 Å². The Labute approximate surface area is 110 Å². The number of anilines is 1. The Morgan fingerprint density at radius 3 is 2.42 bits per heavy atom. The monoisotopic (exact) mass is 253 g/mol. The number of benzene rings is 2. The number of rotatable bonds is 1. The molecular formula is C16H12FNO. The molecule has 0 aromatic heterocycles. The quantitative estimate of drug-likeness (QED) is 0.725. The van der Waals surface area contributed by atoms with E-state index in [0.29, 0.717) is 11.3 Å². The van der Waals surface area contributed by atoms with Crippen molar-refractivity contribution in [3.63, 3.8) is 0 Å². The maximum Gasteiger partial charge on any atom is 0.211 e. The van der Waals surface area contributed by atoms with E-state index in [1.165, 1.54) is 12.1 Å². The smallest absolute Gasteiger partial charge is 0.211 e. The summed E-state index contributed by atoms with van der Waals surface area (Å²) in [6.07, 6.45) is 1.78. The molecule has 0 N–H and O–H groups in total. The van der Waals surface area contributed by atoms with Crippen molar-refractivity contribution in [2.75, 3.05) is 11.9 Å². The van der Waals surface area contributed by atoms with Crippen LogP contribution in [0.15, 0.2) is 54.2 Å². The van der Waals surface area contributed by atoms with Crippen molar-refractivity contribution in [2.45, 2.75) is 0 Å². The van der Waals surface area contributed by atoms with Gasteiger partial charge in [-0.3, -0.25) is 4.79 Å². The maximum atomic E-state index is 12.9. The molecule has 1 heterocycles. The summed E-state index contributed by atoms with van der Waals surface area (Å²) >= 11 is 0. The number of halogens is 1. The van der Waals surface area contributed by atoms with Gasteiger partial charge < -0.3 is 4.90 Å². The van der Waals surface area contributed by atoms with Crippen LogP contribution in [0.5, 0.6) is 0 Å². The molecule has 0 aliphatic carbocycles. The second-order valence-electron chi connectivity index (χ2n) is 4.49. The number of allylic oxidation sites excluding steroid dienone is 1. The lowest BCUT2D eigenvalue weighted by Gasteiger charge is -2.13. The topological polar surface area (TPSA) is 20.3 Å². The molecule has 0 atom stereocenters. The molecule has 2 aromatic carbocycles. The highest BCUT2D eigenvalue weighted by atomic mass is 19.1. The molecular weight excluding hydrogens is 241 g/mol. The largest absolute Gasteiger partial charge is 0.341 e. The van der Waals surface area contributed by atoms with E-state index in [9.17, 15) is 9.18 Å². The highest BCUT2D eigenvalue weighted by Crippen LogP contribution is 2.33. The van der Waals surface area contributed by atoms with Gasteiger partial charge in [-0.05, 0) is 35.9 Å². The van der Waals surface area contributed by atoms with Crippen LogP contribution >= 0.6 is 0 Å². The van der Waals surface area contributed by atoms with Crippen molar-refractivity contribution in [3.8, 4) is 0 Å². The lowest BCUT2D eigenvalue weighted by Crippen LogP contribution is -2.13. The summed E-state index contributed by atoms with van der Waals surface area (Å²) < 4.78 is 12.9. The van der Waals surface area contributed by atoms with E-state index in [1.807, 2.05) is 36.2 Å². The molecule has 0 saturated carbocycles. The number of hydrogen-bond acceptors (Lipinski definition) is 2. The van der Waals surface area contributed by atoms with Crippen molar-refractivity contribution < 1.29 is 9.18 Å². The van der Waals surface area contributed by atoms with Gasteiger partial charge in [-0.2, -0.15) is 0 Å². The van der Waals surface area contributed by atoms with Gasteiger partial charge in [0, 0.05) is 12.6 Å². The molecule has 1 aliphatic heterocycles. The van der Waals surface area contributed by atoms with Gasteiger partial charge in [0.05, 0.1) is 11.4 Å². The Balaban J connectivity index is 2.04. The summed E-state index contributed by atoms with van der Waals surface area (Å²) in [5.74, 6) is -0.279. The van der Waals surface area contributed by atoms with Crippen LogP contribution in [-0.4, -0.2) is 12.8 Å². The van der Waals surface area contributed by atoms with E-state index < -0.39 is 0 Å². The molecule has 0 fully saturated rings. The van der Waals surface area contributed by atoms with Crippen molar-refractivity contribution in [1.29, 1.82) is 0 Å². The van der Waals surface area contributed by atoms with E-state index in [1.54, 1.807) is 18.2 Å². The zero-order valence-corrected chi connectivity index (χ0v) is 10.4. The van der Waals surface area contributed by atoms with Gasteiger partial charge in [-0.15, -0.1) is 0 Å². The average molecular weight is 253 g/mol. The molecule has 3 heteroatoms. The van der Waals surface area contributed by atoms with Gasteiger partial charge in [0.25, 0.3) is 0 Å². The van der Waals surface area contributed by atoms with Crippen LogP contribution in [0.4, 0.5) is 10.1 Å². The molecule has 0 spiro atoms. The normalized spacial score (nSPS) is 16.0. The van der Waals surface area contributed by atoms with Gasteiger partial charge in [0.1, 0.15) is 5.82 Å². The summed E-state index contributed by atoms with van der Waals surface area (Å²) in [4.78, 5) is 14.2. The van der Waals surface area contributed by atoms with Crippen molar-refractivity contribution in [1.82, 2.24) is 0 Å². The SMILES string of the molecule is CN1/C(=C\c2ccc(F)cc2)C(=O)c2ccccc21. The minimum absolute atomic E-state index is 0.00225. The molecule has 2 aromatic rings. The summed E-state index contributed by atoms with van der Waals surface area (Å²) in [5.41, 5.74) is 3.02. The second-order valence-corrected chi connectivity index (χ2v) is 4.49. The first-order chi connectivity index (χ1) is 9.16. The summed E-state index contributed by atoms with van der Waals surface area (Å²) in [6, 6.07) is 13.6. The summed E-state index contributed by atoms with van der Waals surface area (Å²) in [5, 5.41) is 0. The summed E-state index contributed by atoms with van der Waals surface area (Å²) in [6.45, 7) is 0. The number of para-hydroxylation sites is 1.